The van der Waals surface area contributed by atoms with Crippen LogP contribution in [0.1, 0.15) is 17.3 Å². The summed E-state index contributed by atoms with van der Waals surface area (Å²) in [4.78, 5) is 28.9. The van der Waals surface area contributed by atoms with Crippen LogP contribution in [0.15, 0.2) is 36.4 Å². The third kappa shape index (κ3) is 3.19. The molecule has 0 bridgehead atoms. The van der Waals surface area contributed by atoms with E-state index in [9.17, 15) is 9.59 Å². The number of anilines is 1. The Morgan fingerprint density at radius 3 is 2.59 bits per heavy atom. The largest absolute Gasteiger partial charge is 0.454 e. The number of hydrogen-bond acceptors (Lipinski definition) is 4. The summed E-state index contributed by atoms with van der Waals surface area (Å²) in [5.41, 5.74) is 1.12. The molecule has 1 fully saturated rings. The quantitative estimate of drug-likeness (QED) is 0.764. The number of fused-ring (bicyclic) bond motifs is 1. The first-order chi connectivity index (χ1) is 13.0. The fourth-order valence-corrected chi connectivity index (χ4v) is 3.55. The molecule has 1 saturated heterocycles. The maximum absolute atomic E-state index is 12.9. The molecule has 8 heteroatoms. The lowest BCUT2D eigenvalue weighted by atomic mass is 10.1. The van der Waals surface area contributed by atoms with Crippen LogP contribution in [0.2, 0.25) is 10.0 Å². The van der Waals surface area contributed by atoms with Crippen LogP contribution in [0.5, 0.6) is 11.5 Å². The van der Waals surface area contributed by atoms with Gasteiger partial charge >= 0.3 is 0 Å². The summed E-state index contributed by atoms with van der Waals surface area (Å²) in [7, 11) is 0. The first-order valence-corrected chi connectivity index (χ1v) is 9.18. The van der Waals surface area contributed by atoms with Crippen molar-refractivity contribution in [2.24, 2.45) is 0 Å². The van der Waals surface area contributed by atoms with E-state index in [0.717, 1.165) is 5.69 Å². The van der Waals surface area contributed by atoms with Gasteiger partial charge in [-0.05, 0) is 37.3 Å². The van der Waals surface area contributed by atoms with Crippen LogP contribution in [0, 0.1) is 0 Å². The van der Waals surface area contributed by atoms with Crippen molar-refractivity contribution in [2.45, 2.75) is 13.0 Å². The average Bonchev–Trinajstić information content (AvgIpc) is 3.13. The van der Waals surface area contributed by atoms with E-state index in [1.54, 1.807) is 41.0 Å². The number of nitrogens with zero attached hydrogens (tertiary/aromatic N) is 2. The zero-order valence-electron chi connectivity index (χ0n) is 14.4. The van der Waals surface area contributed by atoms with Crippen LogP contribution >= 0.6 is 23.2 Å². The fraction of sp³-hybridized carbons (Fsp3) is 0.263. The molecule has 0 spiro atoms. The van der Waals surface area contributed by atoms with E-state index in [0.29, 0.717) is 40.2 Å². The van der Waals surface area contributed by atoms with E-state index in [4.69, 9.17) is 32.7 Å². The molecule has 2 aliphatic heterocycles. The number of benzene rings is 2. The van der Waals surface area contributed by atoms with Crippen molar-refractivity contribution >= 4 is 40.7 Å². The normalized spacial score (nSPS) is 18.8. The van der Waals surface area contributed by atoms with Gasteiger partial charge in [-0.1, -0.05) is 23.2 Å². The molecule has 6 nitrogen and oxygen atoms in total. The van der Waals surface area contributed by atoms with Gasteiger partial charge in [-0.25, -0.2) is 0 Å². The number of ether oxygens (including phenoxy) is 2. The molecule has 1 unspecified atom stereocenters. The van der Waals surface area contributed by atoms with Gasteiger partial charge in [0.15, 0.2) is 11.5 Å². The molecule has 2 aromatic rings. The van der Waals surface area contributed by atoms with Crippen LogP contribution in [0.4, 0.5) is 5.69 Å². The molecule has 0 radical (unpaired) electrons. The minimum absolute atomic E-state index is 0.159. The van der Waals surface area contributed by atoms with Gasteiger partial charge in [0, 0.05) is 30.4 Å². The molecule has 2 amide bonds. The fourth-order valence-electron chi connectivity index (χ4n) is 3.25. The maximum Gasteiger partial charge on any atom is 0.254 e. The number of amides is 2. The zero-order valence-corrected chi connectivity index (χ0v) is 16.0. The summed E-state index contributed by atoms with van der Waals surface area (Å²) < 4.78 is 10.7. The highest BCUT2D eigenvalue weighted by molar-refractivity contribution is 6.42. The second-order valence-corrected chi connectivity index (χ2v) is 7.15. The van der Waals surface area contributed by atoms with Crippen LogP contribution < -0.4 is 14.4 Å². The molecule has 0 aromatic heterocycles. The monoisotopic (exact) mass is 406 g/mol. The van der Waals surface area contributed by atoms with Gasteiger partial charge in [-0.15, -0.1) is 0 Å². The van der Waals surface area contributed by atoms with Crippen LogP contribution in [0.3, 0.4) is 0 Å². The van der Waals surface area contributed by atoms with Crippen molar-refractivity contribution in [3.63, 3.8) is 0 Å². The van der Waals surface area contributed by atoms with E-state index in [1.165, 1.54) is 6.07 Å². The second-order valence-electron chi connectivity index (χ2n) is 6.33. The van der Waals surface area contributed by atoms with Crippen LogP contribution in [0.25, 0.3) is 0 Å². The Bertz CT molecular complexity index is 934. The molecule has 140 valence electrons. The van der Waals surface area contributed by atoms with Gasteiger partial charge in [-0.2, -0.15) is 0 Å². The molecule has 0 aliphatic carbocycles. The van der Waals surface area contributed by atoms with Crippen molar-refractivity contribution in [1.29, 1.82) is 0 Å². The highest BCUT2D eigenvalue weighted by atomic mass is 35.5. The SMILES string of the molecule is CC1C(=O)N(c2ccc3c(c2)OCO3)CCN1C(=O)c1ccc(Cl)c(Cl)c1. The van der Waals surface area contributed by atoms with Crippen molar-refractivity contribution in [2.75, 3.05) is 24.8 Å². The topological polar surface area (TPSA) is 59.1 Å². The van der Waals surface area contributed by atoms with Gasteiger partial charge in [0.25, 0.3) is 5.91 Å². The molecule has 2 aliphatic rings. The second kappa shape index (κ2) is 6.94. The number of piperazine rings is 1. The summed E-state index contributed by atoms with van der Waals surface area (Å²) in [6.45, 7) is 2.68. The minimum Gasteiger partial charge on any atom is -0.454 e. The Hall–Kier alpha value is -2.44. The Labute approximate surface area is 166 Å². The molecule has 0 N–H and O–H groups in total. The number of rotatable bonds is 2. The lowest BCUT2D eigenvalue weighted by molar-refractivity contribution is -0.124. The van der Waals surface area contributed by atoms with E-state index in [-0.39, 0.29) is 18.6 Å². The van der Waals surface area contributed by atoms with Crippen LogP contribution in [-0.2, 0) is 4.79 Å². The lowest BCUT2D eigenvalue weighted by Crippen LogP contribution is -2.57. The molecular weight excluding hydrogens is 391 g/mol. The smallest absolute Gasteiger partial charge is 0.254 e. The molecule has 2 heterocycles. The number of hydrogen-bond donors (Lipinski definition) is 0. The van der Waals surface area contributed by atoms with Crippen molar-refractivity contribution in [1.82, 2.24) is 4.90 Å². The third-order valence-electron chi connectivity index (χ3n) is 4.75. The highest BCUT2D eigenvalue weighted by Gasteiger charge is 2.36. The highest BCUT2D eigenvalue weighted by Crippen LogP contribution is 2.36. The van der Waals surface area contributed by atoms with Crippen LogP contribution in [-0.4, -0.2) is 42.6 Å². The predicted octanol–water partition coefficient (Wildman–Crippen LogP) is 3.60. The van der Waals surface area contributed by atoms with E-state index in [2.05, 4.69) is 0 Å². The van der Waals surface area contributed by atoms with Gasteiger partial charge < -0.3 is 19.3 Å². The third-order valence-corrected chi connectivity index (χ3v) is 5.49. The number of carbonyl (C=O) groups is 2. The van der Waals surface area contributed by atoms with E-state index >= 15 is 0 Å². The average molecular weight is 407 g/mol. The van der Waals surface area contributed by atoms with E-state index in [1.807, 2.05) is 6.07 Å². The minimum atomic E-state index is -0.605. The molecule has 1 atom stereocenters. The van der Waals surface area contributed by atoms with Crippen molar-refractivity contribution < 1.29 is 19.1 Å². The Kier molecular flexibility index (Phi) is 4.61. The lowest BCUT2D eigenvalue weighted by Gasteiger charge is -2.39. The number of halogens is 2. The summed E-state index contributed by atoms with van der Waals surface area (Å²) in [5.74, 6) is 0.864. The Balaban J connectivity index is 1.54. The van der Waals surface area contributed by atoms with Gasteiger partial charge in [0.05, 0.1) is 10.0 Å². The van der Waals surface area contributed by atoms with Crippen molar-refractivity contribution in [3.8, 4) is 11.5 Å². The zero-order chi connectivity index (χ0) is 19.1. The molecule has 4 rings (SSSR count). The predicted molar refractivity (Wildman–Crippen MR) is 102 cm³/mol. The summed E-state index contributed by atoms with van der Waals surface area (Å²) in [6, 6.07) is 9.48. The maximum atomic E-state index is 12.9. The van der Waals surface area contributed by atoms with Gasteiger partial charge in [0.1, 0.15) is 6.04 Å². The standard InChI is InChI=1S/C19H16Cl2N2O4/c1-11-18(24)23(13-3-5-16-17(9-13)27-10-26-16)7-6-22(11)19(25)12-2-4-14(20)15(21)8-12/h2-5,8-9,11H,6-7,10H2,1H3. The van der Waals surface area contributed by atoms with Gasteiger partial charge in [0.2, 0.25) is 12.7 Å². The Morgan fingerprint density at radius 2 is 1.81 bits per heavy atom. The summed E-state index contributed by atoms with van der Waals surface area (Å²) >= 11 is 11.9. The van der Waals surface area contributed by atoms with E-state index < -0.39 is 6.04 Å². The first kappa shape index (κ1) is 17.9. The number of carbonyl (C=O) groups excluding carboxylic acids is 2. The Morgan fingerprint density at radius 1 is 1.04 bits per heavy atom. The molecule has 2 aromatic carbocycles. The molecular formula is C19H16Cl2N2O4. The van der Waals surface area contributed by atoms with Gasteiger partial charge in [-0.3, -0.25) is 9.59 Å². The molecule has 0 saturated carbocycles. The summed E-state index contributed by atoms with van der Waals surface area (Å²) in [5, 5.41) is 0.686. The van der Waals surface area contributed by atoms with Crippen molar-refractivity contribution in [3.05, 3.63) is 52.0 Å². The summed E-state index contributed by atoms with van der Waals surface area (Å²) in [6.07, 6.45) is 0. The molecule has 27 heavy (non-hydrogen) atoms. The first-order valence-electron chi connectivity index (χ1n) is 8.43.